The number of methoxy groups -OCH3 is 2. The molecule has 11 heteroatoms. The highest BCUT2D eigenvalue weighted by Gasteiger charge is 2.19. The Balaban J connectivity index is 2.23. The van der Waals surface area contributed by atoms with E-state index >= 15 is 0 Å². The molecule has 0 unspecified atom stereocenters. The van der Waals surface area contributed by atoms with Gasteiger partial charge in [-0.3, -0.25) is 24.5 Å². The zero-order chi connectivity index (χ0) is 22.3. The van der Waals surface area contributed by atoms with Crippen molar-refractivity contribution in [1.82, 2.24) is 5.32 Å². The predicted octanol–water partition coefficient (Wildman–Crippen LogP) is 1.54. The molecule has 156 valence electrons. The number of carbonyl (C=O) groups is 4. The summed E-state index contributed by atoms with van der Waals surface area (Å²) in [5.74, 6) is -2.77. The number of ether oxygens (including phenoxy) is 2. The molecule has 0 heterocycles. The first-order valence-corrected chi connectivity index (χ1v) is 8.39. The topological polar surface area (TPSA) is 154 Å². The molecule has 0 saturated heterocycles. The Morgan fingerprint density at radius 1 is 0.933 bits per heavy atom. The number of rotatable bonds is 7. The molecule has 2 N–H and O–H groups in total. The van der Waals surface area contributed by atoms with E-state index in [1.165, 1.54) is 31.4 Å². The van der Waals surface area contributed by atoms with Crippen molar-refractivity contribution in [1.29, 1.82) is 0 Å². The van der Waals surface area contributed by atoms with Crippen molar-refractivity contribution in [2.45, 2.75) is 0 Å². The monoisotopic (exact) mass is 415 g/mol. The molecule has 0 saturated carbocycles. The molecular formula is C19H17N3O8. The lowest BCUT2D eigenvalue weighted by Gasteiger charge is -2.09. The van der Waals surface area contributed by atoms with Gasteiger partial charge in [-0.05, 0) is 24.3 Å². The van der Waals surface area contributed by atoms with Crippen LogP contribution in [0.25, 0.3) is 0 Å². The van der Waals surface area contributed by atoms with Crippen LogP contribution in [0.5, 0.6) is 0 Å². The van der Waals surface area contributed by atoms with Crippen LogP contribution in [-0.2, 0) is 14.3 Å². The largest absolute Gasteiger partial charge is 0.468 e. The molecule has 11 nitrogen and oxygen atoms in total. The summed E-state index contributed by atoms with van der Waals surface area (Å²) in [5.41, 5.74) is -0.389. The minimum Gasteiger partial charge on any atom is -0.468 e. The smallest absolute Gasteiger partial charge is 0.338 e. The van der Waals surface area contributed by atoms with Crippen LogP contribution in [-0.4, -0.2) is 49.4 Å². The van der Waals surface area contributed by atoms with Crippen molar-refractivity contribution in [3.8, 4) is 0 Å². The van der Waals surface area contributed by atoms with Gasteiger partial charge in [-0.1, -0.05) is 6.07 Å². The Hall–Kier alpha value is -4.28. The number of benzene rings is 2. The molecule has 0 aromatic heterocycles. The van der Waals surface area contributed by atoms with Gasteiger partial charge in [-0.15, -0.1) is 0 Å². The number of carbonyl (C=O) groups excluding carboxylic acids is 4. The van der Waals surface area contributed by atoms with Crippen LogP contribution in [0.4, 0.5) is 11.4 Å². The molecule has 2 rings (SSSR count). The van der Waals surface area contributed by atoms with Crippen molar-refractivity contribution in [2.75, 3.05) is 26.1 Å². The van der Waals surface area contributed by atoms with Gasteiger partial charge >= 0.3 is 11.9 Å². The van der Waals surface area contributed by atoms with E-state index in [-0.39, 0.29) is 28.9 Å². The van der Waals surface area contributed by atoms with Gasteiger partial charge < -0.3 is 20.1 Å². The maximum absolute atomic E-state index is 12.5. The zero-order valence-corrected chi connectivity index (χ0v) is 16.0. The van der Waals surface area contributed by atoms with Gasteiger partial charge in [-0.2, -0.15) is 0 Å². The lowest BCUT2D eigenvalue weighted by molar-refractivity contribution is -0.384. The Morgan fingerprint density at radius 2 is 1.63 bits per heavy atom. The fourth-order valence-electron chi connectivity index (χ4n) is 2.35. The van der Waals surface area contributed by atoms with Gasteiger partial charge in [-0.25, -0.2) is 4.79 Å². The Morgan fingerprint density at radius 3 is 2.27 bits per heavy atom. The van der Waals surface area contributed by atoms with Gasteiger partial charge in [0.2, 0.25) is 0 Å². The molecule has 0 radical (unpaired) electrons. The second-order valence-corrected chi connectivity index (χ2v) is 5.81. The van der Waals surface area contributed by atoms with E-state index in [1.807, 2.05) is 0 Å². The van der Waals surface area contributed by atoms with Crippen LogP contribution in [0.2, 0.25) is 0 Å². The van der Waals surface area contributed by atoms with E-state index < -0.39 is 34.4 Å². The average Bonchev–Trinajstić information content (AvgIpc) is 2.76. The fourth-order valence-corrected chi connectivity index (χ4v) is 2.35. The molecule has 2 amide bonds. The van der Waals surface area contributed by atoms with E-state index in [0.717, 1.165) is 25.3 Å². The first kappa shape index (κ1) is 22.0. The molecule has 0 aliphatic rings. The third-order valence-electron chi connectivity index (χ3n) is 3.82. The summed E-state index contributed by atoms with van der Waals surface area (Å²) >= 11 is 0. The first-order chi connectivity index (χ1) is 14.2. The van der Waals surface area contributed by atoms with Gasteiger partial charge in [0.15, 0.2) is 0 Å². The number of nitro benzene ring substituents is 1. The highest BCUT2D eigenvalue weighted by Crippen LogP contribution is 2.20. The molecule has 30 heavy (non-hydrogen) atoms. The van der Waals surface area contributed by atoms with E-state index in [0.29, 0.717) is 0 Å². The van der Waals surface area contributed by atoms with Crippen molar-refractivity contribution in [2.24, 2.45) is 0 Å². The molecule has 0 aliphatic heterocycles. The molecule has 0 fully saturated rings. The van der Waals surface area contributed by atoms with E-state index in [4.69, 9.17) is 0 Å². The van der Waals surface area contributed by atoms with Crippen LogP contribution in [0.15, 0.2) is 42.5 Å². The molecule has 0 atom stereocenters. The van der Waals surface area contributed by atoms with Crippen molar-refractivity contribution < 1.29 is 33.6 Å². The summed E-state index contributed by atoms with van der Waals surface area (Å²) in [6.45, 7) is -0.324. The fraction of sp³-hybridized carbons (Fsp3) is 0.158. The number of esters is 2. The number of amides is 2. The van der Waals surface area contributed by atoms with Crippen LogP contribution in [0, 0.1) is 10.1 Å². The van der Waals surface area contributed by atoms with Gasteiger partial charge in [0.1, 0.15) is 6.54 Å². The van der Waals surface area contributed by atoms with Crippen molar-refractivity contribution >= 4 is 35.1 Å². The van der Waals surface area contributed by atoms with Crippen LogP contribution >= 0.6 is 0 Å². The SMILES string of the molecule is COC(=O)CNC(=O)c1cccc(NC(=O)c2cc(C(=O)OC)cc([N+](=O)[O-])c2)c1. The van der Waals surface area contributed by atoms with Crippen LogP contribution in [0.3, 0.4) is 0 Å². The van der Waals surface area contributed by atoms with Gasteiger partial charge in [0, 0.05) is 28.9 Å². The Bertz CT molecular complexity index is 1020. The number of nitro groups is 1. The lowest BCUT2D eigenvalue weighted by Crippen LogP contribution is -2.30. The second-order valence-electron chi connectivity index (χ2n) is 5.81. The van der Waals surface area contributed by atoms with Gasteiger partial charge in [0.05, 0.1) is 24.7 Å². The minimum atomic E-state index is -0.836. The van der Waals surface area contributed by atoms with E-state index in [9.17, 15) is 29.3 Å². The normalized spacial score (nSPS) is 9.93. The predicted molar refractivity (Wildman–Crippen MR) is 103 cm³/mol. The number of hydrogen-bond acceptors (Lipinski definition) is 8. The Labute approximate surface area is 170 Å². The summed E-state index contributed by atoms with van der Waals surface area (Å²) in [6.07, 6.45) is 0. The Kier molecular flexibility index (Phi) is 7.17. The summed E-state index contributed by atoms with van der Waals surface area (Å²) in [6, 6.07) is 8.96. The van der Waals surface area contributed by atoms with E-state index in [1.54, 1.807) is 0 Å². The molecular weight excluding hydrogens is 398 g/mol. The minimum absolute atomic E-state index is 0.148. The third-order valence-corrected chi connectivity index (χ3v) is 3.82. The number of nitrogens with one attached hydrogen (secondary N) is 2. The highest BCUT2D eigenvalue weighted by atomic mass is 16.6. The zero-order valence-electron chi connectivity index (χ0n) is 16.0. The summed E-state index contributed by atoms with van der Waals surface area (Å²) < 4.78 is 8.97. The number of anilines is 1. The lowest BCUT2D eigenvalue weighted by atomic mass is 10.1. The highest BCUT2D eigenvalue weighted by molar-refractivity contribution is 6.07. The maximum atomic E-state index is 12.5. The van der Waals surface area contributed by atoms with Gasteiger partial charge in [0.25, 0.3) is 17.5 Å². The first-order valence-electron chi connectivity index (χ1n) is 8.39. The average molecular weight is 415 g/mol. The summed E-state index contributed by atoms with van der Waals surface area (Å²) in [5, 5.41) is 15.9. The van der Waals surface area contributed by atoms with Crippen LogP contribution < -0.4 is 10.6 Å². The summed E-state index contributed by atoms with van der Waals surface area (Å²) in [4.78, 5) is 57.8. The second kappa shape index (κ2) is 9.78. The molecule has 0 aliphatic carbocycles. The third kappa shape index (κ3) is 5.61. The van der Waals surface area contributed by atoms with Crippen LogP contribution in [0.1, 0.15) is 31.1 Å². The molecule has 2 aromatic rings. The summed E-state index contributed by atoms with van der Waals surface area (Å²) in [7, 11) is 2.29. The maximum Gasteiger partial charge on any atom is 0.338 e. The molecule has 2 aromatic carbocycles. The number of hydrogen-bond donors (Lipinski definition) is 2. The van der Waals surface area contributed by atoms with Crippen molar-refractivity contribution in [3.05, 3.63) is 69.3 Å². The van der Waals surface area contributed by atoms with Crippen molar-refractivity contribution in [3.63, 3.8) is 0 Å². The molecule has 0 bridgehead atoms. The number of nitrogens with zero attached hydrogens (tertiary/aromatic N) is 1. The van der Waals surface area contributed by atoms with E-state index in [2.05, 4.69) is 20.1 Å². The number of non-ortho nitro benzene ring substituents is 1. The standard InChI is InChI=1S/C19H17N3O8/c1-29-16(23)10-20-17(24)11-4-3-5-14(7-11)21-18(25)12-6-13(19(26)30-2)9-15(8-12)22(27)28/h3-9H,10H2,1-2H3,(H,20,24)(H,21,25). The molecule has 0 spiro atoms. The quantitative estimate of drug-likeness (QED) is 0.392.